The van der Waals surface area contributed by atoms with Crippen molar-refractivity contribution in [3.8, 4) is 23.1 Å². The quantitative estimate of drug-likeness (QED) is 0.143. The van der Waals surface area contributed by atoms with E-state index in [4.69, 9.17) is 30.5 Å². The SMILES string of the molecule is Cc1ccnc(C(C)C)c1-n1c(=O)nc2c3c([nH]c(=O)c(F)c31)OC[C@H]1CN(C(=O)OCc3ccccc3)CCN21.Cc1ccnc(C(C)C)c1-n1c(=O)nc2c3c(nc(Cl)c(F)c31)OC[C@H]1CN(C(=O)OCc3ccccc3)CCN21. The van der Waals surface area contributed by atoms with Gasteiger partial charge in [0.2, 0.25) is 17.6 Å². The van der Waals surface area contributed by atoms with Crippen LogP contribution in [-0.4, -0.2) is 126 Å². The van der Waals surface area contributed by atoms with Crippen LogP contribution in [0.3, 0.4) is 0 Å². The number of nitrogens with one attached hydrogen (secondary N) is 1. The number of halogens is 3. The second kappa shape index (κ2) is 22.5. The van der Waals surface area contributed by atoms with Crippen molar-refractivity contribution >= 4 is 57.2 Å². The van der Waals surface area contributed by atoms with Crippen molar-refractivity contribution in [3.63, 3.8) is 0 Å². The number of H-pyrrole nitrogens is 1. The number of ether oxygens (including phenoxy) is 4. The number of carbonyl (C=O) groups excluding carboxylic acids is 2. The number of aromatic amines is 1. The predicted octanol–water partition coefficient (Wildman–Crippen LogP) is 7.88. The van der Waals surface area contributed by atoms with Crippen LogP contribution in [0.2, 0.25) is 5.15 Å². The molecule has 2 amide bonds. The van der Waals surface area contributed by atoms with Crippen LogP contribution >= 0.6 is 11.6 Å². The first-order chi connectivity index (χ1) is 39.5. The maximum absolute atomic E-state index is 15.9. The topological polar surface area (TPSA) is 225 Å². The van der Waals surface area contributed by atoms with Crippen molar-refractivity contribution in [2.24, 2.45) is 0 Å². The monoisotopic (exact) mass is 1140 g/mol. The number of anilines is 2. The highest BCUT2D eigenvalue weighted by Gasteiger charge is 2.40. The van der Waals surface area contributed by atoms with Gasteiger partial charge in [0, 0.05) is 51.7 Å². The van der Waals surface area contributed by atoms with Gasteiger partial charge in [-0.05, 0) is 60.1 Å². The first-order valence-corrected chi connectivity index (χ1v) is 27.2. The fourth-order valence-electron chi connectivity index (χ4n) is 10.9. The predicted molar refractivity (Wildman–Crippen MR) is 301 cm³/mol. The molecule has 2 aromatic carbocycles. The molecule has 0 saturated carbocycles. The third kappa shape index (κ3) is 10.2. The lowest BCUT2D eigenvalue weighted by atomic mass is 10.0. The van der Waals surface area contributed by atoms with Gasteiger partial charge in [0.15, 0.2) is 11.0 Å². The Morgan fingerprint density at radius 1 is 0.646 bits per heavy atom. The lowest BCUT2D eigenvalue weighted by molar-refractivity contribution is 0.0844. The van der Waals surface area contributed by atoms with E-state index in [-0.39, 0.29) is 109 Å². The molecule has 12 rings (SSSR count). The molecule has 2 saturated heterocycles. The van der Waals surface area contributed by atoms with E-state index in [0.717, 1.165) is 21.3 Å². The van der Waals surface area contributed by atoms with Crippen LogP contribution in [0.5, 0.6) is 11.8 Å². The van der Waals surface area contributed by atoms with Gasteiger partial charge in [0.25, 0.3) is 5.56 Å². The van der Waals surface area contributed by atoms with E-state index in [2.05, 4.69) is 29.9 Å². The fourth-order valence-corrected chi connectivity index (χ4v) is 11.1. The van der Waals surface area contributed by atoms with Crippen LogP contribution in [0.1, 0.15) is 73.2 Å². The smallest absolute Gasteiger partial charge is 0.410 e. The Kier molecular flexibility index (Phi) is 15.1. The van der Waals surface area contributed by atoms with Crippen molar-refractivity contribution in [3.05, 3.63) is 167 Å². The Labute approximate surface area is 472 Å². The maximum atomic E-state index is 15.9. The molecule has 82 heavy (non-hydrogen) atoms. The molecule has 0 bridgehead atoms. The van der Waals surface area contributed by atoms with Crippen LogP contribution in [0.4, 0.5) is 30.0 Å². The maximum Gasteiger partial charge on any atom is 0.410 e. The van der Waals surface area contributed by atoms with Crippen molar-refractivity contribution < 1.29 is 37.3 Å². The summed E-state index contributed by atoms with van der Waals surface area (Å²) >= 11 is 6.26. The van der Waals surface area contributed by atoms with Crippen LogP contribution in [-0.2, 0) is 22.7 Å². The molecule has 0 spiro atoms. The summed E-state index contributed by atoms with van der Waals surface area (Å²) in [6.45, 7) is 13.5. The summed E-state index contributed by atoms with van der Waals surface area (Å²) < 4.78 is 57.1. The largest absolute Gasteiger partial charge is 0.476 e. The summed E-state index contributed by atoms with van der Waals surface area (Å²) in [6, 6.07) is 21.5. The van der Waals surface area contributed by atoms with Crippen molar-refractivity contribution in [2.45, 2.75) is 78.7 Å². The number of amides is 2. The third-order valence-corrected chi connectivity index (χ3v) is 15.2. The average Bonchev–Trinajstić information content (AvgIpc) is 3.92. The zero-order chi connectivity index (χ0) is 57.7. The zero-order valence-corrected chi connectivity index (χ0v) is 46.4. The molecule has 424 valence electrons. The van der Waals surface area contributed by atoms with Crippen LogP contribution in [0.15, 0.2) is 99.6 Å². The molecule has 21 nitrogen and oxygen atoms in total. The molecule has 4 aliphatic rings. The number of aromatic nitrogens is 8. The van der Waals surface area contributed by atoms with Gasteiger partial charge >= 0.3 is 23.6 Å². The minimum Gasteiger partial charge on any atom is -0.476 e. The van der Waals surface area contributed by atoms with E-state index >= 15 is 8.78 Å². The molecule has 24 heteroatoms. The second-order valence-electron chi connectivity index (χ2n) is 21.0. The number of rotatable bonds is 8. The lowest BCUT2D eigenvalue weighted by Gasteiger charge is -2.40. The van der Waals surface area contributed by atoms with Gasteiger partial charge in [0.1, 0.15) is 59.9 Å². The van der Waals surface area contributed by atoms with E-state index < -0.39 is 52.0 Å². The normalized spacial score (nSPS) is 16.4. The summed E-state index contributed by atoms with van der Waals surface area (Å²) in [4.78, 5) is 97.3. The van der Waals surface area contributed by atoms with Crippen molar-refractivity contribution in [1.82, 2.24) is 48.8 Å². The van der Waals surface area contributed by atoms with Crippen molar-refractivity contribution in [2.75, 3.05) is 62.3 Å². The van der Waals surface area contributed by atoms with Gasteiger partial charge in [-0.15, -0.1) is 0 Å². The number of benzene rings is 2. The number of pyridine rings is 4. The van der Waals surface area contributed by atoms with E-state index in [1.54, 1.807) is 41.2 Å². The van der Waals surface area contributed by atoms with Crippen LogP contribution < -0.4 is 36.2 Å². The molecular formula is C58H57ClF2N12O9. The van der Waals surface area contributed by atoms with Gasteiger partial charge in [-0.2, -0.15) is 19.3 Å². The summed E-state index contributed by atoms with van der Waals surface area (Å²) in [7, 11) is 0. The number of aryl methyl sites for hydroxylation is 2. The number of nitrogens with zero attached hydrogens (tertiary/aromatic N) is 11. The van der Waals surface area contributed by atoms with Crippen LogP contribution in [0.25, 0.3) is 33.2 Å². The number of carbonyl (C=O) groups is 2. The molecule has 0 aliphatic carbocycles. The Bertz CT molecular complexity index is 4000. The highest BCUT2D eigenvalue weighted by Crippen LogP contribution is 2.41. The Hall–Kier alpha value is -8.99. The first-order valence-electron chi connectivity index (χ1n) is 26.8. The van der Waals surface area contributed by atoms with E-state index in [1.165, 1.54) is 4.57 Å². The molecule has 8 aromatic rings. The first kappa shape index (κ1) is 54.9. The van der Waals surface area contributed by atoms with Gasteiger partial charge in [-0.1, -0.05) is 100.0 Å². The van der Waals surface area contributed by atoms with Gasteiger partial charge < -0.3 is 38.5 Å². The average molecular weight is 1140 g/mol. The summed E-state index contributed by atoms with van der Waals surface area (Å²) in [6.07, 6.45) is 2.36. The number of piperazine rings is 2. The molecule has 0 radical (unpaired) electrons. The lowest BCUT2D eigenvalue weighted by Crippen LogP contribution is -2.57. The number of hydrogen-bond acceptors (Lipinski definition) is 16. The highest BCUT2D eigenvalue weighted by atomic mass is 35.5. The summed E-state index contributed by atoms with van der Waals surface area (Å²) in [5, 5.41) is 0.00533. The Morgan fingerprint density at radius 2 is 1.11 bits per heavy atom. The minimum atomic E-state index is -1.12. The van der Waals surface area contributed by atoms with Gasteiger partial charge in [-0.3, -0.25) is 28.9 Å². The highest BCUT2D eigenvalue weighted by molar-refractivity contribution is 6.30. The molecule has 6 aromatic heterocycles. The van der Waals surface area contributed by atoms with E-state index in [0.29, 0.717) is 48.0 Å². The van der Waals surface area contributed by atoms with Crippen molar-refractivity contribution in [1.29, 1.82) is 0 Å². The van der Waals surface area contributed by atoms with Gasteiger partial charge in [0.05, 0.1) is 34.8 Å². The molecule has 4 aliphatic heterocycles. The molecular weight excluding hydrogens is 1080 g/mol. The summed E-state index contributed by atoms with van der Waals surface area (Å²) in [5.74, 6) is -1.60. The molecule has 1 N–H and O–H groups in total. The van der Waals surface area contributed by atoms with E-state index in [9.17, 15) is 24.0 Å². The molecule has 10 heterocycles. The molecule has 2 fully saturated rings. The minimum absolute atomic E-state index is 0.0166. The second-order valence-corrected chi connectivity index (χ2v) is 21.4. The standard InChI is InChI=1S/C29H28ClFN6O4.C29H29FN6O5/c1-16(2)22-23(17(3)9-10-32-22)37-24-20-26(34-28(37)38)36-12-11-35(29(39)41-14-18-7-5-4-6-8-18)13-19(36)15-40-27(20)33-25(30)21(24)31;1-16(2)22-23(17(3)9-10-31-22)36-24-20-25(32-28(36)38)35-12-11-34(29(39)41-14-18-7-5-4-6-8-18)13-19(35)15-40-27(20)33-26(37)21(24)30/h4-10,16,19H,11-15H2,1-3H3;4-10,16,19H,11-15H2,1-3H3,(H,33,37)/t2*19-/m11/s1. The van der Waals surface area contributed by atoms with Crippen LogP contribution in [0, 0.1) is 25.5 Å². The fraction of sp³-hybridized carbons (Fsp3) is 0.345. The summed E-state index contributed by atoms with van der Waals surface area (Å²) in [5.41, 5.74) is 2.45. The number of fused-ring (bicyclic) bond motifs is 4. The third-order valence-electron chi connectivity index (χ3n) is 14.9. The molecule has 0 unspecified atom stereocenters. The zero-order valence-electron chi connectivity index (χ0n) is 45.7. The number of hydrogen-bond donors (Lipinski definition) is 1. The Morgan fingerprint density at radius 3 is 1.60 bits per heavy atom. The Balaban J connectivity index is 0.000000172. The molecule has 2 atom stereocenters. The van der Waals surface area contributed by atoms with E-state index in [1.807, 2.05) is 105 Å². The van der Waals surface area contributed by atoms with Gasteiger partial charge in [-0.25, -0.2) is 23.6 Å².